The lowest BCUT2D eigenvalue weighted by atomic mass is 10.1. The Bertz CT molecular complexity index is 652. The maximum absolute atomic E-state index is 12.1. The van der Waals surface area contributed by atoms with Gasteiger partial charge in [-0.25, -0.2) is 4.79 Å². The highest BCUT2D eigenvalue weighted by Gasteiger charge is 2.17. The summed E-state index contributed by atoms with van der Waals surface area (Å²) in [5.41, 5.74) is 0.0555. The lowest BCUT2D eigenvalue weighted by molar-refractivity contribution is 0.0692. The Kier molecular flexibility index (Phi) is 4.09. The maximum Gasteiger partial charge on any atom is 0.336 e. The van der Waals surface area contributed by atoms with Gasteiger partial charge in [0, 0.05) is 5.92 Å². The van der Waals surface area contributed by atoms with Gasteiger partial charge in [0.05, 0.1) is 11.1 Å². The van der Waals surface area contributed by atoms with Gasteiger partial charge in [0.25, 0.3) is 5.91 Å². The van der Waals surface area contributed by atoms with E-state index in [1.165, 1.54) is 23.5 Å². The second-order valence-electron chi connectivity index (χ2n) is 4.41. The quantitative estimate of drug-likeness (QED) is 0.903. The topological polar surface area (TPSA) is 92.2 Å². The number of carbonyl (C=O) groups excluding carboxylic acids is 1. The molecule has 0 atom stereocenters. The summed E-state index contributed by atoms with van der Waals surface area (Å²) in [6.45, 7) is 3.96. The molecule has 2 aromatic rings. The normalized spacial score (nSPS) is 10.6. The number of carbonyl (C=O) groups is 2. The Morgan fingerprint density at radius 1 is 1.20 bits per heavy atom. The van der Waals surface area contributed by atoms with Crippen molar-refractivity contribution in [2.45, 2.75) is 19.8 Å². The molecule has 0 aliphatic carbocycles. The zero-order valence-corrected chi connectivity index (χ0v) is 11.8. The van der Waals surface area contributed by atoms with Gasteiger partial charge in [0.1, 0.15) is 5.01 Å². The summed E-state index contributed by atoms with van der Waals surface area (Å²) in [5.74, 6) is -1.42. The fourth-order valence-electron chi connectivity index (χ4n) is 1.55. The summed E-state index contributed by atoms with van der Waals surface area (Å²) in [4.78, 5) is 23.1. The van der Waals surface area contributed by atoms with Crippen LogP contribution in [0.3, 0.4) is 0 Å². The number of nitrogens with zero attached hydrogens (tertiary/aromatic N) is 2. The number of carboxylic acid groups (broad SMARTS) is 1. The Morgan fingerprint density at radius 3 is 2.40 bits per heavy atom. The molecule has 0 fully saturated rings. The number of carboxylic acids is 1. The molecule has 7 heteroatoms. The minimum atomic E-state index is -1.14. The monoisotopic (exact) mass is 291 g/mol. The number of anilines is 1. The largest absolute Gasteiger partial charge is 0.478 e. The molecule has 0 radical (unpaired) electrons. The van der Waals surface area contributed by atoms with Gasteiger partial charge in [0.15, 0.2) is 0 Å². The van der Waals surface area contributed by atoms with Gasteiger partial charge in [-0.05, 0) is 12.1 Å². The number of amides is 1. The molecule has 1 aromatic heterocycles. The number of aromatic nitrogens is 2. The smallest absolute Gasteiger partial charge is 0.336 e. The van der Waals surface area contributed by atoms with Crippen molar-refractivity contribution in [2.24, 2.45) is 0 Å². The molecule has 2 N–H and O–H groups in total. The van der Waals surface area contributed by atoms with Gasteiger partial charge in [-0.2, -0.15) is 0 Å². The highest BCUT2D eigenvalue weighted by molar-refractivity contribution is 7.15. The molecule has 0 aliphatic heterocycles. The molecule has 1 amide bonds. The number of hydrogen-bond acceptors (Lipinski definition) is 5. The lowest BCUT2D eigenvalue weighted by Crippen LogP contribution is -2.16. The van der Waals surface area contributed by atoms with Crippen LogP contribution in [-0.2, 0) is 0 Å². The van der Waals surface area contributed by atoms with Crippen molar-refractivity contribution in [1.82, 2.24) is 10.2 Å². The van der Waals surface area contributed by atoms with Crippen molar-refractivity contribution < 1.29 is 14.7 Å². The molecule has 0 unspecified atom stereocenters. The molecule has 0 aliphatic rings. The minimum Gasteiger partial charge on any atom is -0.478 e. The molecular weight excluding hydrogens is 278 g/mol. The van der Waals surface area contributed by atoms with Crippen LogP contribution in [0.2, 0.25) is 0 Å². The molecule has 0 bridgehead atoms. The van der Waals surface area contributed by atoms with Crippen LogP contribution in [0.4, 0.5) is 5.13 Å². The Morgan fingerprint density at radius 2 is 1.85 bits per heavy atom. The number of benzene rings is 1. The van der Waals surface area contributed by atoms with Crippen LogP contribution in [0.15, 0.2) is 24.3 Å². The summed E-state index contributed by atoms with van der Waals surface area (Å²) in [7, 11) is 0. The van der Waals surface area contributed by atoms with Crippen molar-refractivity contribution in [3.63, 3.8) is 0 Å². The van der Waals surface area contributed by atoms with E-state index in [-0.39, 0.29) is 17.0 Å². The third-order valence-electron chi connectivity index (χ3n) is 2.56. The van der Waals surface area contributed by atoms with Crippen molar-refractivity contribution >= 4 is 28.3 Å². The molecule has 0 spiro atoms. The fraction of sp³-hybridized carbons (Fsp3) is 0.231. The Labute approximate surface area is 119 Å². The molecule has 0 saturated heterocycles. The average molecular weight is 291 g/mol. The van der Waals surface area contributed by atoms with E-state index < -0.39 is 11.9 Å². The number of nitrogens with one attached hydrogen (secondary N) is 1. The van der Waals surface area contributed by atoms with Gasteiger partial charge in [-0.3, -0.25) is 10.1 Å². The van der Waals surface area contributed by atoms with Crippen LogP contribution < -0.4 is 5.32 Å². The summed E-state index contributed by atoms with van der Waals surface area (Å²) < 4.78 is 0. The maximum atomic E-state index is 12.1. The summed E-state index contributed by atoms with van der Waals surface area (Å²) >= 11 is 1.28. The van der Waals surface area contributed by atoms with E-state index in [1.54, 1.807) is 12.1 Å². The second-order valence-corrected chi connectivity index (χ2v) is 5.41. The van der Waals surface area contributed by atoms with Gasteiger partial charge < -0.3 is 5.11 Å². The van der Waals surface area contributed by atoms with Crippen LogP contribution in [0.1, 0.15) is 45.5 Å². The fourth-order valence-corrected chi connectivity index (χ4v) is 2.29. The molecule has 2 rings (SSSR count). The number of hydrogen-bond donors (Lipinski definition) is 2. The van der Waals surface area contributed by atoms with E-state index in [9.17, 15) is 9.59 Å². The minimum absolute atomic E-state index is 0.0430. The summed E-state index contributed by atoms with van der Waals surface area (Å²) in [6.07, 6.45) is 0. The van der Waals surface area contributed by atoms with Crippen molar-refractivity contribution in [1.29, 1.82) is 0 Å². The molecule has 6 nitrogen and oxygen atoms in total. The molecule has 104 valence electrons. The highest BCUT2D eigenvalue weighted by Crippen LogP contribution is 2.23. The highest BCUT2D eigenvalue weighted by atomic mass is 32.1. The first-order valence-electron chi connectivity index (χ1n) is 5.96. The van der Waals surface area contributed by atoms with Crippen LogP contribution in [0, 0.1) is 0 Å². The summed E-state index contributed by atoms with van der Waals surface area (Å²) in [6, 6.07) is 6.03. The first-order chi connectivity index (χ1) is 9.49. The SMILES string of the molecule is CC(C)c1nnc(NC(=O)c2ccccc2C(=O)O)s1. The van der Waals surface area contributed by atoms with Crippen molar-refractivity contribution in [2.75, 3.05) is 5.32 Å². The standard InChI is InChI=1S/C13H13N3O3S/c1-7(2)11-15-16-13(20-11)14-10(17)8-5-3-4-6-9(8)12(18)19/h3-7H,1-2H3,(H,18,19)(H,14,16,17). The Balaban J connectivity index is 2.22. The molecule has 20 heavy (non-hydrogen) atoms. The predicted molar refractivity (Wildman–Crippen MR) is 75.4 cm³/mol. The van der Waals surface area contributed by atoms with Crippen molar-refractivity contribution in [3.05, 3.63) is 40.4 Å². The summed E-state index contributed by atoms with van der Waals surface area (Å²) in [5, 5.41) is 20.6. The van der Waals surface area contributed by atoms with Crippen LogP contribution in [0.5, 0.6) is 0 Å². The van der Waals surface area contributed by atoms with E-state index in [0.29, 0.717) is 5.13 Å². The lowest BCUT2D eigenvalue weighted by Gasteiger charge is -2.04. The predicted octanol–water partition coefficient (Wildman–Crippen LogP) is 2.61. The molecular formula is C13H13N3O3S. The van der Waals surface area contributed by atoms with Gasteiger partial charge in [-0.1, -0.05) is 37.3 Å². The van der Waals surface area contributed by atoms with Crippen LogP contribution >= 0.6 is 11.3 Å². The van der Waals surface area contributed by atoms with E-state index in [2.05, 4.69) is 15.5 Å². The van der Waals surface area contributed by atoms with Gasteiger partial charge in [0.2, 0.25) is 5.13 Å². The van der Waals surface area contributed by atoms with E-state index in [4.69, 9.17) is 5.11 Å². The Hall–Kier alpha value is -2.28. The molecule has 0 saturated carbocycles. The number of rotatable bonds is 4. The molecule has 1 aromatic carbocycles. The van der Waals surface area contributed by atoms with Gasteiger partial charge >= 0.3 is 5.97 Å². The third kappa shape index (κ3) is 3.00. The van der Waals surface area contributed by atoms with E-state index in [0.717, 1.165) is 5.01 Å². The van der Waals surface area contributed by atoms with E-state index in [1.807, 2.05) is 13.8 Å². The second kappa shape index (κ2) is 5.79. The van der Waals surface area contributed by atoms with Crippen LogP contribution in [-0.4, -0.2) is 27.2 Å². The zero-order valence-electron chi connectivity index (χ0n) is 11.0. The van der Waals surface area contributed by atoms with Crippen LogP contribution in [0.25, 0.3) is 0 Å². The van der Waals surface area contributed by atoms with Crippen molar-refractivity contribution in [3.8, 4) is 0 Å². The molecule has 1 heterocycles. The average Bonchev–Trinajstić information content (AvgIpc) is 2.87. The van der Waals surface area contributed by atoms with E-state index >= 15 is 0 Å². The first kappa shape index (κ1) is 14.1. The first-order valence-corrected chi connectivity index (χ1v) is 6.77. The number of aromatic carboxylic acids is 1. The van der Waals surface area contributed by atoms with Gasteiger partial charge in [-0.15, -0.1) is 10.2 Å². The third-order valence-corrected chi connectivity index (χ3v) is 3.70. The zero-order chi connectivity index (χ0) is 14.7.